The van der Waals surface area contributed by atoms with E-state index in [4.69, 9.17) is 21.1 Å². The van der Waals surface area contributed by atoms with Crippen molar-refractivity contribution in [1.82, 2.24) is 15.1 Å². The Morgan fingerprint density at radius 3 is 2.70 bits per heavy atom. The van der Waals surface area contributed by atoms with Crippen LogP contribution < -0.4 is 20.1 Å². The Balaban J connectivity index is 1.35. The number of nitrogens with zero attached hydrogens (tertiary/aromatic N) is 2. The molecule has 2 amide bonds. The summed E-state index contributed by atoms with van der Waals surface area (Å²) in [5.41, 5.74) is 1.92. The maximum atomic E-state index is 12.6. The van der Waals surface area contributed by atoms with Gasteiger partial charge >= 0.3 is 11.8 Å². The lowest BCUT2D eigenvalue weighted by Crippen LogP contribution is -2.35. The summed E-state index contributed by atoms with van der Waals surface area (Å²) in [6.45, 7) is 0.219. The van der Waals surface area contributed by atoms with Gasteiger partial charge in [0.15, 0.2) is 21.3 Å². The van der Waals surface area contributed by atoms with Crippen LogP contribution in [0.5, 0.6) is 11.5 Å². The number of nitrogens with one attached hydrogen (secondary N) is 2. The number of benzene rings is 2. The van der Waals surface area contributed by atoms with E-state index in [1.165, 1.54) is 4.68 Å². The standard InChI is InChI=1S/C21H17ClN4O6S/c22-13-2-1-3-14(7-13)26-19(15-9-33(29,30)10-16(15)25-26)24-21(28)20(27)23-8-12-4-5-17-18(6-12)32-11-31-17/h1-7H,8-11H2,(H,23,27)(H,24,28). The summed E-state index contributed by atoms with van der Waals surface area (Å²) < 4.78 is 36.1. The first kappa shape index (κ1) is 21.3. The fourth-order valence-corrected chi connectivity index (χ4v) is 5.32. The van der Waals surface area contributed by atoms with E-state index in [1.807, 2.05) is 0 Å². The lowest BCUT2D eigenvalue weighted by molar-refractivity contribution is -0.136. The Bertz CT molecular complexity index is 1400. The van der Waals surface area contributed by atoms with Gasteiger partial charge in [0.05, 0.1) is 22.9 Å². The number of carbonyl (C=O) groups excluding carboxylic acids is 2. The van der Waals surface area contributed by atoms with Crippen molar-refractivity contribution in [3.63, 3.8) is 0 Å². The van der Waals surface area contributed by atoms with Gasteiger partial charge in [0.2, 0.25) is 6.79 Å². The Morgan fingerprint density at radius 1 is 1.06 bits per heavy atom. The van der Waals surface area contributed by atoms with Gasteiger partial charge in [-0.3, -0.25) is 9.59 Å². The van der Waals surface area contributed by atoms with Crippen LogP contribution in [0.3, 0.4) is 0 Å². The van der Waals surface area contributed by atoms with E-state index in [1.54, 1.807) is 42.5 Å². The largest absolute Gasteiger partial charge is 0.454 e. The Labute approximate surface area is 193 Å². The predicted octanol–water partition coefficient (Wildman–Crippen LogP) is 1.94. The van der Waals surface area contributed by atoms with E-state index in [-0.39, 0.29) is 30.7 Å². The van der Waals surface area contributed by atoms with Gasteiger partial charge in [0.25, 0.3) is 0 Å². The zero-order valence-electron chi connectivity index (χ0n) is 17.0. The first-order valence-electron chi connectivity index (χ1n) is 9.84. The Kier molecular flexibility index (Phi) is 5.22. The summed E-state index contributed by atoms with van der Waals surface area (Å²) in [5, 5.41) is 9.84. The first-order valence-corrected chi connectivity index (χ1v) is 12.0. The van der Waals surface area contributed by atoms with E-state index < -0.39 is 21.7 Å². The van der Waals surface area contributed by atoms with Gasteiger partial charge in [-0.25, -0.2) is 13.1 Å². The summed E-state index contributed by atoms with van der Waals surface area (Å²) in [6, 6.07) is 11.9. The smallest absolute Gasteiger partial charge is 0.314 e. The highest BCUT2D eigenvalue weighted by atomic mass is 35.5. The monoisotopic (exact) mass is 488 g/mol. The number of amides is 2. The van der Waals surface area contributed by atoms with Crippen molar-refractivity contribution < 1.29 is 27.5 Å². The quantitative estimate of drug-likeness (QED) is 0.537. The van der Waals surface area contributed by atoms with Gasteiger partial charge < -0.3 is 20.1 Å². The number of rotatable bonds is 4. The molecule has 5 rings (SSSR count). The fourth-order valence-electron chi connectivity index (χ4n) is 3.64. The third kappa shape index (κ3) is 4.24. The molecule has 3 heterocycles. The average Bonchev–Trinajstić information content (AvgIpc) is 3.44. The molecule has 0 aliphatic carbocycles. The summed E-state index contributed by atoms with van der Waals surface area (Å²) in [5.74, 6) is -1.06. The van der Waals surface area contributed by atoms with Crippen molar-refractivity contribution in [2.75, 3.05) is 12.1 Å². The van der Waals surface area contributed by atoms with Gasteiger partial charge in [-0.15, -0.1) is 0 Å². The molecule has 0 spiro atoms. The number of ether oxygens (including phenoxy) is 2. The molecule has 2 aromatic carbocycles. The average molecular weight is 489 g/mol. The van der Waals surface area contributed by atoms with E-state index in [2.05, 4.69) is 15.7 Å². The molecule has 3 aromatic rings. The maximum absolute atomic E-state index is 12.6. The van der Waals surface area contributed by atoms with Gasteiger partial charge in [-0.1, -0.05) is 23.7 Å². The van der Waals surface area contributed by atoms with Crippen LogP contribution in [0.2, 0.25) is 5.02 Å². The van der Waals surface area contributed by atoms with E-state index in [0.29, 0.717) is 33.5 Å². The molecule has 0 saturated heterocycles. The molecule has 33 heavy (non-hydrogen) atoms. The molecule has 2 aliphatic rings. The molecule has 10 nitrogen and oxygen atoms in total. The van der Waals surface area contributed by atoms with Crippen LogP contribution in [-0.2, 0) is 37.5 Å². The summed E-state index contributed by atoms with van der Waals surface area (Å²) >= 11 is 6.07. The zero-order valence-corrected chi connectivity index (χ0v) is 18.6. The molecule has 0 unspecified atom stereocenters. The second-order valence-electron chi connectivity index (χ2n) is 7.52. The lowest BCUT2D eigenvalue weighted by Gasteiger charge is -2.11. The highest BCUT2D eigenvalue weighted by Gasteiger charge is 2.34. The van der Waals surface area contributed by atoms with Crippen molar-refractivity contribution >= 4 is 39.1 Å². The zero-order chi connectivity index (χ0) is 23.2. The van der Waals surface area contributed by atoms with Gasteiger partial charge in [-0.05, 0) is 35.9 Å². The number of anilines is 1. The van der Waals surface area contributed by atoms with Crippen LogP contribution in [0.4, 0.5) is 5.82 Å². The normalized spacial score (nSPS) is 15.2. The summed E-state index contributed by atoms with van der Waals surface area (Å²) in [6.07, 6.45) is 0. The number of hydrogen-bond acceptors (Lipinski definition) is 7. The second-order valence-corrected chi connectivity index (χ2v) is 10.0. The van der Waals surface area contributed by atoms with Gasteiger partial charge in [0.1, 0.15) is 5.82 Å². The fraction of sp³-hybridized carbons (Fsp3) is 0.190. The molecule has 0 bridgehead atoms. The number of carbonyl (C=O) groups is 2. The third-order valence-electron chi connectivity index (χ3n) is 5.17. The van der Waals surface area contributed by atoms with Gasteiger partial charge in [-0.2, -0.15) is 5.10 Å². The minimum absolute atomic E-state index is 0.0862. The van der Waals surface area contributed by atoms with Crippen molar-refractivity contribution in [3.05, 3.63) is 64.3 Å². The van der Waals surface area contributed by atoms with E-state index >= 15 is 0 Å². The van der Waals surface area contributed by atoms with Crippen molar-refractivity contribution in [3.8, 4) is 17.2 Å². The van der Waals surface area contributed by atoms with Crippen LogP contribution >= 0.6 is 11.6 Å². The van der Waals surface area contributed by atoms with Gasteiger partial charge in [0, 0.05) is 17.1 Å². The molecule has 1 aromatic heterocycles. The molecular weight excluding hydrogens is 472 g/mol. The van der Waals surface area contributed by atoms with Crippen LogP contribution in [-0.4, -0.2) is 36.8 Å². The van der Waals surface area contributed by atoms with Crippen LogP contribution in [0.25, 0.3) is 5.69 Å². The Morgan fingerprint density at radius 2 is 1.88 bits per heavy atom. The molecule has 0 saturated carbocycles. The highest BCUT2D eigenvalue weighted by Crippen LogP contribution is 2.34. The highest BCUT2D eigenvalue weighted by molar-refractivity contribution is 7.90. The maximum Gasteiger partial charge on any atom is 0.314 e. The molecule has 2 aliphatic heterocycles. The van der Waals surface area contributed by atoms with E-state index in [0.717, 1.165) is 5.56 Å². The Hall–Kier alpha value is -3.57. The molecule has 0 fully saturated rings. The van der Waals surface area contributed by atoms with Crippen molar-refractivity contribution in [1.29, 1.82) is 0 Å². The molecule has 0 atom stereocenters. The number of fused-ring (bicyclic) bond motifs is 2. The van der Waals surface area contributed by atoms with Crippen LogP contribution in [0.15, 0.2) is 42.5 Å². The van der Waals surface area contributed by atoms with Crippen molar-refractivity contribution in [2.45, 2.75) is 18.1 Å². The number of aromatic nitrogens is 2. The van der Waals surface area contributed by atoms with E-state index in [9.17, 15) is 18.0 Å². The second kappa shape index (κ2) is 8.09. The summed E-state index contributed by atoms with van der Waals surface area (Å²) in [4.78, 5) is 25.1. The van der Waals surface area contributed by atoms with Crippen LogP contribution in [0, 0.1) is 0 Å². The number of hydrogen-bond donors (Lipinski definition) is 2. The number of halogens is 1. The topological polar surface area (TPSA) is 129 Å². The molecule has 170 valence electrons. The third-order valence-corrected chi connectivity index (χ3v) is 6.85. The number of sulfone groups is 1. The minimum Gasteiger partial charge on any atom is -0.454 e. The van der Waals surface area contributed by atoms with Crippen LogP contribution in [0.1, 0.15) is 16.8 Å². The molecule has 0 radical (unpaired) electrons. The summed E-state index contributed by atoms with van der Waals surface area (Å²) in [7, 11) is -3.37. The first-order chi connectivity index (χ1) is 15.8. The minimum atomic E-state index is -3.37. The molecule has 2 N–H and O–H groups in total. The SMILES string of the molecule is O=C(NCc1ccc2c(c1)OCO2)C(=O)Nc1c2c(nn1-c1cccc(Cl)c1)CS(=O)(=O)C2. The van der Waals surface area contributed by atoms with Crippen molar-refractivity contribution in [2.24, 2.45) is 0 Å². The molecule has 12 heteroatoms. The lowest BCUT2D eigenvalue weighted by atomic mass is 10.2. The molecular formula is C21H17ClN4O6S. The predicted molar refractivity (Wildman–Crippen MR) is 118 cm³/mol.